The van der Waals surface area contributed by atoms with E-state index in [1.54, 1.807) is 6.20 Å². The molecular weight excluding hydrogens is 188 g/mol. The van der Waals surface area contributed by atoms with Crippen molar-refractivity contribution in [1.82, 2.24) is 9.97 Å². The van der Waals surface area contributed by atoms with Gasteiger partial charge in [0.25, 0.3) is 0 Å². The average Bonchev–Trinajstić information content (AvgIpc) is 2.76. The monoisotopic (exact) mass is 204 g/mol. The first-order valence-corrected chi connectivity index (χ1v) is 5.66. The molecule has 1 aliphatic carbocycles. The number of nitrogens with zero attached hydrogens (tertiary/aromatic N) is 3. The van der Waals surface area contributed by atoms with Crippen molar-refractivity contribution in [2.75, 3.05) is 23.7 Å². The summed E-state index contributed by atoms with van der Waals surface area (Å²) in [5.41, 5.74) is 5.59. The van der Waals surface area contributed by atoms with E-state index in [4.69, 9.17) is 5.73 Å². The lowest BCUT2D eigenvalue weighted by Crippen LogP contribution is -2.22. The van der Waals surface area contributed by atoms with Gasteiger partial charge >= 0.3 is 0 Å². The molecule has 2 N–H and O–H groups in total. The van der Waals surface area contributed by atoms with Crippen LogP contribution in [0.2, 0.25) is 0 Å². The zero-order valence-corrected chi connectivity index (χ0v) is 8.76. The maximum Gasteiger partial charge on any atom is 0.221 e. The van der Waals surface area contributed by atoms with Gasteiger partial charge < -0.3 is 10.6 Å². The van der Waals surface area contributed by atoms with E-state index in [0.717, 1.165) is 30.7 Å². The molecule has 0 radical (unpaired) electrons. The lowest BCUT2D eigenvalue weighted by atomic mass is 10.0. The minimum atomic E-state index is 0.379. The zero-order chi connectivity index (χ0) is 10.3. The van der Waals surface area contributed by atoms with Crippen LogP contribution in [-0.4, -0.2) is 23.1 Å². The molecule has 0 bridgehead atoms. The topological polar surface area (TPSA) is 55.0 Å². The molecule has 2 heterocycles. The second-order valence-electron chi connectivity index (χ2n) is 4.63. The van der Waals surface area contributed by atoms with Gasteiger partial charge in [-0.1, -0.05) is 6.42 Å². The van der Waals surface area contributed by atoms with Crippen LogP contribution in [0.4, 0.5) is 11.8 Å². The Balaban J connectivity index is 1.79. The lowest BCUT2D eigenvalue weighted by molar-refractivity contribution is 0.494. The predicted molar refractivity (Wildman–Crippen MR) is 59.5 cm³/mol. The third-order valence-corrected chi connectivity index (χ3v) is 3.71. The molecule has 1 aliphatic heterocycles. The third kappa shape index (κ3) is 1.54. The van der Waals surface area contributed by atoms with Crippen LogP contribution < -0.4 is 10.6 Å². The Morgan fingerprint density at radius 3 is 2.67 bits per heavy atom. The Kier molecular flexibility index (Phi) is 2.01. The number of anilines is 2. The Morgan fingerprint density at radius 1 is 1.27 bits per heavy atom. The van der Waals surface area contributed by atoms with E-state index in [2.05, 4.69) is 14.9 Å². The standard InChI is InChI=1S/C11H16N4/c12-11-13-5-4-10(14-11)15-6-8-2-1-3-9(8)7-15/h4-5,8-9H,1-3,6-7H2,(H2,12,13,14). The van der Waals surface area contributed by atoms with Gasteiger partial charge in [0.05, 0.1) is 0 Å². The summed E-state index contributed by atoms with van der Waals surface area (Å²) in [6.45, 7) is 2.31. The van der Waals surface area contributed by atoms with Gasteiger partial charge in [0.15, 0.2) is 0 Å². The maximum atomic E-state index is 5.59. The highest BCUT2D eigenvalue weighted by atomic mass is 15.2. The fourth-order valence-electron chi connectivity index (χ4n) is 2.96. The van der Waals surface area contributed by atoms with E-state index >= 15 is 0 Å². The predicted octanol–water partition coefficient (Wildman–Crippen LogP) is 1.30. The summed E-state index contributed by atoms with van der Waals surface area (Å²) in [6, 6.07) is 1.96. The molecule has 80 valence electrons. The summed E-state index contributed by atoms with van der Waals surface area (Å²) in [5, 5.41) is 0. The minimum Gasteiger partial charge on any atom is -0.368 e. The van der Waals surface area contributed by atoms with Crippen LogP contribution in [0.3, 0.4) is 0 Å². The average molecular weight is 204 g/mol. The fourth-order valence-corrected chi connectivity index (χ4v) is 2.96. The molecule has 15 heavy (non-hydrogen) atoms. The van der Waals surface area contributed by atoms with Crippen LogP contribution in [0.1, 0.15) is 19.3 Å². The normalized spacial score (nSPS) is 29.5. The van der Waals surface area contributed by atoms with Crippen molar-refractivity contribution in [3.05, 3.63) is 12.3 Å². The quantitative estimate of drug-likeness (QED) is 0.749. The highest BCUT2D eigenvalue weighted by Gasteiger charge is 2.36. The van der Waals surface area contributed by atoms with Gasteiger partial charge in [-0.2, -0.15) is 4.98 Å². The first-order valence-electron chi connectivity index (χ1n) is 5.66. The molecule has 4 heteroatoms. The Labute approximate surface area is 89.5 Å². The van der Waals surface area contributed by atoms with Crippen molar-refractivity contribution < 1.29 is 0 Å². The van der Waals surface area contributed by atoms with Crippen molar-refractivity contribution in [2.24, 2.45) is 11.8 Å². The molecule has 0 amide bonds. The number of rotatable bonds is 1. The summed E-state index contributed by atoms with van der Waals surface area (Å²) >= 11 is 0. The fraction of sp³-hybridized carbons (Fsp3) is 0.636. The van der Waals surface area contributed by atoms with Crippen LogP contribution in [0, 0.1) is 11.8 Å². The van der Waals surface area contributed by atoms with Gasteiger partial charge in [-0.15, -0.1) is 0 Å². The van der Waals surface area contributed by atoms with E-state index in [9.17, 15) is 0 Å². The molecule has 0 spiro atoms. The van der Waals surface area contributed by atoms with E-state index in [1.165, 1.54) is 19.3 Å². The van der Waals surface area contributed by atoms with E-state index in [0.29, 0.717) is 5.95 Å². The first kappa shape index (κ1) is 8.95. The van der Waals surface area contributed by atoms with Gasteiger partial charge in [-0.05, 0) is 30.7 Å². The van der Waals surface area contributed by atoms with Gasteiger partial charge in [0, 0.05) is 19.3 Å². The van der Waals surface area contributed by atoms with Crippen LogP contribution >= 0.6 is 0 Å². The Bertz CT molecular complexity index is 353. The number of nitrogen functional groups attached to an aromatic ring is 1. The first-order chi connectivity index (χ1) is 7.33. The Hall–Kier alpha value is -1.32. The summed E-state index contributed by atoms with van der Waals surface area (Å²) in [5.74, 6) is 3.16. The van der Waals surface area contributed by atoms with E-state index in [-0.39, 0.29) is 0 Å². The van der Waals surface area contributed by atoms with Gasteiger partial charge in [-0.25, -0.2) is 4.98 Å². The van der Waals surface area contributed by atoms with Crippen molar-refractivity contribution >= 4 is 11.8 Å². The second-order valence-corrected chi connectivity index (χ2v) is 4.63. The van der Waals surface area contributed by atoms with Crippen LogP contribution in [0.25, 0.3) is 0 Å². The third-order valence-electron chi connectivity index (χ3n) is 3.71. The smallest absolute Gasteiger partial charge is 0.221 e. The SMILES string of the molecule is Nc1nccc(N2CC3CCCC3C2)n1. The van der Waals surface area contributed by atoms with Gasteiger partial charge in [-0.3, -0.25) is 0 Å². The molecule has 1 aromatic heterocycles. The molecule has 0 aromatic carbocycles. The van der Waals surface area contributed by atoms with Crippen molar-refractivity contribution in [3.8, 4) is 0 Å². The largest absolute Gasteiger partial charge is 0.368 e. The molecule has 3 rings (SSSR count). The van der Waals surface area contributed by atoms with Crippen LogP contribution in [-0.2, 0) is 0 Å². The molecule has 1 saturated carbocycles. The summed E-state index contributed by atoms with van der Waals surface area (Å²) in [6.07, 6.45) is 5.93. The number of hydrogen-bond donors (Lipinski definition) is 1. The molecule has 2 aliphatic rings. The maximum absolute atomic E-state index is 5.59. The van der Waals surface area contributed by atoms with Crippen LogP contribution in [0.15, 0.2) is 12.3 Å². The molecule has 1 aromatic rings. The van der Waals surface area contributed by atoms with Crippen LogP contribution in [0.5, 0.6) is 0 Å². The minimum absolute atomic E-state index is 0.379. The second kappa shape index (κ2) is 3.36. The molecule has 2 atom stereocenters. The Morgan fingerprint density at radius 2 is 2.00 bits per heavy atom. The van der Waals surface area contributed by atoms with Gasteiger partial charge in [0.2, 0.25) is 5.95 Å². The molecule has 1 saturated heterocycles. The zero-order valence-electron chi connectivity index (χ0n) is 8.76. The number of hydrogen-bond acceptors (Lipinski definition) is 4. The molecule has 2 fully saturated rings. The van der Waals surface area contributed by atoms with Crippen molar-refractivity contribution in [2.45, 2.75) is 19.3 Å². The molecular formula is C11H16N4. The number of aromatic nitrogens is 2. The summed E-state index contributed by atoms with van der Waals surface area (Å²) < 4.78 is 0. The van der Waals surface area contributed by atoms with E-state index < -0.39 is 0 Å². The number of nitrogens with two attached hydrogens (primary N) is 1. The van der Waals surface area contributed by atoms with Crippen molar-refractivity contribution in [1.29, 1.82) is 0 Å². The lowest BCUT2D eigenvalue weighted by Gasteiger charge is -2.17. The highest BCUT2D eigenvalue weighted by molar-refractivity contribution is 5.42. The van der Waals surface area contributed by atoms with Crippen molar-refractivity contribution in [3.63, 3.8) is 0 Å². The van der Waals surface area contributed by atoms with E-state index in [1.807, 2.05) is 6.07 Å². The summed E-state index contributed by atoms with van der Waals surface area (Å²) in [7, 11) is 0. The highest BCUT2D eigenvalue weighted by Crippen LogP contribution is 2.38. The molecule has 4 nitrogen and oxygen atoms in total. The summed E-state index contributed by atoms with van der Waals surface area (Å²) in [4.78, 5) is 10.6. The number of fused-ring (bicyclic) bond motifs is 1. The molecule has 2 unspecified atom stereocenters. The van der Waals surface area contributed by atoms with Gasteiger partial charge in [0.1, 0.15) is 5.82 Å².